The summed E-state index contributed by atoms with van der Waals surface area (Å²) in [4.78, 5) is 14.1. The van der Waals surface area contributed by atoms with Crippen LogP contribution in [-0.2, 0) is 0 Å². The van der Waals surface area contributed by atoms with Crippen LogP contribution in [-0.4, -0.2) is 21.9 Å². The number of rotatable bonds is 5. The van der Waals surface area contributed by atoms with Crippen LogP contribution in [0.1, 0.15) is 15.2 Å². The zero-order valence-corrected chi connectivity index (χ0v) is 20.5. The van der Waals surface area contributed by atoms with Crippen molar-refractivity contribution in [3.8, 4) is 16.3 Å². The number of hydrogen-bond donors (Lipinski definition) is 1. The Morgan fingerprint density at radius 2 is 1.91 bits per heavy atom. The van der Waals surface area contributed by atoms with E-state index < -0.39 is 5.91 Å². The summed E-state index contributed by atoms with van der Waals surface area (Å²) < 4.78 is 2.52. The van der Waals surface area contributed by atoms with Gasteiger partial charge in [0.05, 0.1) is 26.8 Å². The summed E-state index contributed by atoms with van der Waals surface area (Å²) in [5.41, 5.74) is 5.01. The molecule has 5 nitrogen and oxygen atoms in total. The molecule has 0 atom stereocenters. The first kappa shape index (κ1) is 22.1. The highest BCUT2D eigenvalue weighted by Crippen LogP contribution is 2.41. The third kappa shape index (κ3) is 4.43. The normalized spacial score (nSPS) is 11.5. The van der Waals surface area contributed by atoms with Crippen LogP contribution < -0.4 is 5.43 Å². The highest BCUT2D eigenvalue weighted by molar-refractivity contribution is 7.21. The van der Waals surface area contributed by atoms with Gasteiger partial charge in [0, 0.05) is 26.9 Å². The fourth-order valence-corrected chi connectivity index (χ4v) is 6.27. The summed E-state index contributed by atoms with van der Waals surface area (Å²) in [6.07, 6.45) is 3.44. The molecule has 5 rings (SSSR count). The lowest BCUT2D eigenvalue weighted by atomic mass is 10.2. The van der Waals surface area contributed by atoms with Gasteiger partial charge < -0.3 is 0 Å². The number of para-hydroxylation sites is 1. The molecule has 0 aliphatic heterocycles. The zero-order chi connectivity index (χ0) is 22.9. The van der Waals surface area contributed by atoms with Gasteiger partial charge in [-0.2, -0.15) is 10.2 Å². The maximum Gasteiger partial charge on any atom is 0.283 e. The fraction of sp³-hybridized carbons (Fsp3) is 0. The van der Waals surface area contributed by atoms with Gasteiger partial charge >= 0.3 is 0 Å². The number of benzene rings is 2. The summed E-state index contributed by atoms with van der Waals surface area (Å²) in [5, 5.41) is 12.6. The largest absolute Gasteiger partial charge is 0.283 e. The van der Waals surface area contributed by atoms with E-state index in [9.17, 15) is 4.79 Å². The molecule has 0 bridgehead atoms. The van der Waals surface area contributed by atoms with E-state index in [1.807, 2.05) is 54.0 Å². The Labute approximate surface area is 211 Å². The van der Waals surface area contributed by atoms with Crippen molar-refractivity contribution in [2.24, 2.45) is 5.10 Å². The molecule has 33 heavy (non-hydrogen) atoms. The highest BCUT2D eigenvalue weighted by Gasteiger charge is 2.19. The van der Waals surface area contributed by atoms with E-state index in [0.717, 1.165) is 26.5 Å². The quantitative estimate of drug-likeness (QED) is 0.188. The van der Waals surface area contributed by atoms with E-state index in [1.165, 1.54) is 11.3 Å². The summed E-state index contributed by atoms with van der Waals surface area (Å²) >= 11 is 21.5. The molecule has 164 valence electrons. The number of nitrogens with one attached hydrogen (secondary N) is 1. The second-order valence-corrected chi connectivity index (χ2v) is 10.1. The van der Waals surface area contributed by atoms with Gasteiger partial charge in [0.25, 0.3) is 5.91 Å². The number of amides is 1. The lowest BCUT2D eigenvalue weighted by molar-refractivity contribution is 0.0959. The Kier molecular flexibility index (Phi) is 6.23. The van der Waals surface area contributed by atoms with Crippen molar-refractivity contribution in [3.63, 3.8) is 0 Å². The SMILES string of the molecule is O=C(NN=Cc1cn(-c2ccccc2)nc1-c1cccs1)c1sc2cc(Cl)cc(Cl)c2c1Cl. The van der Waals surface area contributed by atoms with Crippen molar-refractivity contribution in [2.45, 2.75) is 0 Å². The minimum Gasteiger partial charge on any atom is -0.266 e. The number of nitrogens with zero attached hydrogens (tertiary/aromatic N) is 3. The minimum absolute atomic E-state index is 0.278. The van der Waals surface area contributed by atoms with Crippen LogP contribution in [0.3, 0.4) is 0 Å². The third-order valence-corrected chi connectivity index (χ3v) is 7.76. The molecule has 0 aliphatic carbocycles. The van der Waals surface area contributed by atoms with E-state index in [4.69, 9.17) is 39.9 Å². The lowest BCUT2D eigenvalue weighted by Crippen LogP contribution is -2.16. The first-order valence-corrected chi connectivity index (χ1v) is 12.4. The van der Waals surface area contributed by atoms with Crippen molar-refractivity contribution >= 4 is 79.7 Å². The molecule has 0 fully saturated rings. The van der Waals surface area contributed by atoms with E-state index >= 15 is 0 Å². The van der Waals surface area contributed by atoms with Gasteiger partial charge in [-0.15, -0.1) is 22.7 Å². The number of carbonyl (C=O) groups excluding carboxylic acids is 1. The van der Waals surface area contributed by atoms with Crippen molar-refractivity contribution in [1.82, 2.24) is 15.2 Å². The predicted octanol–water partition coefficient (Wildman–Crippen LogP) is 7.54. The van der Waals surface area contributed by atoms with Crippen LogP contribution in [0.2, 0.25) is 15.1 Å². The predicted molar refractivity (Wildman–Crippen MR) is 139 cm³/mol. The van der Waals surface area contributed by atoms with Gasteiger partial charge in [-0.25, -0.2) is 10.1 Å². The van der Waals surface area contributed by atoms with Crippen LogP contribution in [0.4, 0.5) is 0 Å². The second kappa shape index (κ2) is 9.29. The minimum atomic E-state index is -0.433. The summed E-state index contributed by atoms with van der Waals surface area (Å²) in [6.45, 7) is 0. The number of carbonyl (C=O) groups is 1. The van der Waals surface area contributed by atoms with E-state index in [2.05, 4.69) is 10.5 Å². The maximum absolute atomic E-state index is 12.8. The Hall–Kier alpha value is -2.68. The van der Waals surface area contributed by atoms with Gasteiger partial charge in [-0.3, -0.25) is 4.79 Å². The monoisotopic (exact) mass is 530 g/mol. The molecule has 2 aromatic carbocycles. The number of aromatic nitrogens is 2. The Bertz CT molecular complexity index is 1490. The average molecular weight is 532 g/mol. The number of thiophene rings is 2. The summed E-state index contributed by atoms with van der Waals surface area (Å²) in [6, 6.07) is 17.1. The lowest BCUT2D eigenvalue weighted by Gasteiger charge is -1.98. The van der Waals surface area contributed by atoms with Crippen molar-refractivity contribution in [1.29, 1.82) is 0 Å². The highest BCUT2D eigenvalue weighted by atomic mass is 35.5. The number of hydrogen-bond acceptors (Lipinski definition) is 5. The van der Waals surface area contributed by atoms with Crippen molar-refractivity contribution in [3.05, 3.63) is 91.7 Å². The number of halogens is 3. The molecule has 1 amide bonds. The number of hydrazone groups is 1. The molecule has 0 saturated heterocycles. The molecule has 0 spiro atoms. The topological polar surface area (TPSA) is 59.3 Å². The van der Waals surface area contributed by atoms with Gasteiger partial charge in [0.2, 0.25) is 0 Å². The molecule has 0 aliphatic rings. The first-order chi connectivity index (χ1) is 16.0. The first-order valence-electron chi connectivity index (χ1n) is 9.60. The van der Waals surface area contributed by atoms with Gasteiger partial charge in [-0.05, 0) is 35.7 Å². The Balaban J connectivity index is 1.43. The van der Waals surface area contributed by atoms with E-state index in [1.54, 1.807) is 34.4 Å². The van der Waals surface area contributed by atoms with Crippen LogP contribution >= 0.6 is 57.5 Å². The molecule has 0 saturated carbocycles. The fourth-order valence-electron chi connectivity index (χ4n) is 3.27. The smallest absolute Gasteiger partial charge is 0.266 e. The third-order valence-electron chi connectivity index (χ3n) is 4.74. The van der Waals surface area contributed by atoms with E-state index in [-0.39, 0.29) is 5.02 Å². The molecule has 5 aromatic rings. The molecule has 0 radical (unpaired) electrons. The summed E-state index contributed by atoms with van der Waals surface area (Å²) in [5.74, 6) is -0.433. The Morgan fingerprint density at radius 3 is 2.67 bits per heavy atom. The molecule has 0 unspecified atom stereocenters. The standard InChI is InChI=1S/C23H13Cl3N4OS2/c24-14-9-16(25)19-18(10-14)33-22(20(19)26)23(31)28-27-11-13-12-30(15-5-2-1-3-6-15)29-21(13)17-7-4-8-32-17/h1-12H,(H,28,31). The Morgan fingerprint density at radius 1 is 1.09 bits per heavy atom. The van der Waals surface area contributed by atoms with Crippen molar-refractivity contribution in [2.75, 3.05) is 0 Å². The molecular formula is C23H13Cl3N4OS2. The number of fused-ring (bicyclic) bond motifs is 1. The zero-order valence-electron chi connectivity index (χ0n) is 16.6. The van der Waals surface area contributed by atoms with Gasteiger partial charge in [-0.1, -0.05) is 59.1 Å². The van der Waals surface area contributed by atoms with Gasteiger partial charge in [0.15, 0.2) is 0 Å². The van der Waals surface area contributed by atoms with Crippen LogP contribution in [0.5, 0.6) is 0 Å². The van der Waals surface area contributed by atoms with Gasteiger partial charge in [0.1, 0.15) is 10.6 Å². The average Bonchev–Trinajstić information content (AvgIpc) is 3.53. The summed E-state index contributed by atoms with van der Waals surface area (Å²) in [7, 11) is 0. The molecule has 1 N–H and O–H groups in total. The van der Waals surface area contributed by atoms with E-state index in [0.29, 0.717) is 20.3 Å². The van der Waals surface area contributed by atoms with Crippen LogP contribution in [0.15, 0.2) is 71.3 Å². The van der Waals surface area contributed by atoms with Crippen molar-refractivity contribution < 1.29 is 4.79 Å². The van der Waals surface area contributed by atoms with Crippen LogP contribution in [0.25, 0.3) is 26.3 Å². The second-order valence-electron chi connectivity index (χ2n) is 6.90. The molecular weight excluding hydrogens is 519 g/mol. The molecule has 3 heterocycles. The molecule has 3 aromatic heterocycles. The van der Waals surface area contributed by atoms with Crippen LogP contribution in [0, 0.1) is 0 Å². The maximum atomic E-state index is 12.8. The molecule has 10 heteroatoms.